The normalized spacial score (nSPS) is 11.0. The molecule has 0 aliphatic heterocycles. The van der Waals surface area contributed by atoms with Crippen LogP contribution in [0.3, 0.4) is 0 Å². The summed E-state index contributed by atoms with van der Waals surface area (Å²) in [6, 6.07) is 3.70. The fourth-order valence-electron chi connectivity index (χ4n) is 3.17. The van der Waals surface area contributed by atoms with Gasteiger partial charge in [-0.05, 0) is 25.5 Å². The number of hydrogen-bond donors (Lipinski definition) is 2. The zero-order valence-corrected chi connectivity index (χ0v) is 14.5. The van der Waals surface area contributed by atoms with Gasteiger partial charge < -0.3 is 16.2 Å². The lowest BCUT2D eigenvalue weighted by molar-refractivity contribution is 0.100. The number of aromatic nitrogens is 3. The van der Waals surface area contributed by atoms with E-state index in [0.717, 1.165) is 11.1 Å². The molecular weight excluding hydrogens is 322 g/mol. The van der Waals surface area contributed by atoms with E-state index < -0.39 is 5.91 Å². The van der Waals surface area contributed by atoms with Crippen molar-refractivity contribution in [3.8, 4) is 11.4 Å². The first-order chi connectivity index (χ1) is 11.8. The maximum atomic E-state index is 12.7. The van der Waals surface area contributed by atoms with Crippen LogP contribution in [-0.2, 0) is 7.05 Å². The number of fused-ring (bicyclic) bond motifs is 1. The van der Waals surface area contributed by atoms with Crippen molar-refractivity contribution in [1.29, 1.82) is 0 Å². The highest BCUT2D eigenvalue weighted by molar-refractivity contribution is 6.11. The molecule has 130 valence electrons. The molecule has 0 saturated heterocycles. The Labute approximate surface area is 143 Å². The zero-order valence-electron chi connectivity index (χ0n) is 14.5. The first-order valence-corrected chi connectivity index (χ1v) is 7.60. The lowest BCUT2D eigenvalue weighted by atomic mass is 10.1. The van der Waals surface area contributed by atoms with E-state index in [1.807, 2.05) is 26.0 Å². The Hall–Kier alpha value is -3.29. The number of aryl methyl sites for hydroxylation is 2. The number of nitrogen functional groups attached to an aromatic ring is 1. The highest BCUT2D eigenvalue weighted by Crippen LogP contribution is 2.34. The largest absolute Gasteiger partial charge is 0.496 e. The van der Waals surface area contributed by atoms with Gasteiger partial charge in [0.15, 0.2) is 0 Å². The van der Waals surface area contributed by atoms with Gasteiger partial charge in [-0.1, -0.05) is 6.07 Å². The number of nitrogens with two attached hydrogens (primary N) is 2. The average Bonchev–Trinajstić information content (AvgIpc) is 2.85. The summed E-state index contributed by atoms with van der Waals surface area (Å²) >= 11 is 0. The number of primary amides is 1. The molecule has 0 radical (unpaired) electrons. The molecule has 8 heteroatoms. The van der Waals surface area contributed by atoms with Crippen molar-refractivity contribution in [3.05, 3.63) is 45.4 Å². The van der Waals surface area contributed by atoms with E-state index >= 15 is 0 Å². The van der Waals surface area contributed by atoms with Crippen LogP contribution in [0.5, 0.6) is 5.75 Å². The molecule has 0 bridgehead atoms. The third-order valence-corrected chi connectivity index (χ3v) is 4.37. The molecule has 1 aromatic carbocycles. The number of benzene rings is 1. The van der Waals surface area contributed by atoms with Crippen molar-refractivity contribution in [1.82, 2.24) is 14.3 Å². The van der Waals surface area contributed by atoms with Gasteiger partial charge in [-0.2, -0.15) is 5.10 Å². The Bertz CT molecular complexity index is 1080. The molecule has 0 fully saturated rings. The second kappa shape index (κ2) is 5.66. The van der Waals surface area contributed by atoms with Gasteiger partial charge in [0, 0.05) is 18.0 Å². The predicted octanol–water partition coefficient (Wildman–Crippen LogP) is 1.03. The Morgan fingerprint density at radius 1 is 1.28 bits per heavy atom. The first kappa shape index (κ1) is 16.6. The molecule has 3 aromatic rings. The maximum Gasteiger partial charge on any atom is 0.291 e. The summed E-state index contributed by atoms with van der Waals surface area (Å²) in [4.78, 5) is 24.7. The Morgan fingerprint density at radius 2 is 1.96 bits per heavy atom. The fraction of sp³-hybridized carbons (Fsp3) is 0.235. The molecule has 2 heterocycles. The van der Waals surface area contributed by atoms with Crippen LogP contribution in [0.2, 0.25) is 0 Å². The number of carbonyl (C=O) groups is 1. The Morgan fingerprint density at radius 3 is 2.56 bits per heavy atom. The van der Waals surface area contributed by atoms with E-state index in [9.17, 15) is 9.59 Å². The number of rotatable bonds is 3. The van der Waals surface area contributed by atoms with Gasteiger partial charge in [0.05, 0.1) is 24.6 Å². The van der Waals surface area contributed by atoms with Gasteiger partial charge in [0.2, 0.25) is 0 Å². The SMILES string of the molecule is COc1ccc(C)c(-n2c(N)c(C(N)=O)c3cnn(C)c(=O)c32)c1C. The van der Waals surface area contributed by atoms with Crippen molar-refractivity contribution >= 4 is 22.6 Å². The number of ether oxygens (including phenoxy) is 1. The van der Waals surface area contributed by atoms with Gasteiger partial charge in [-0.15, -0.1) is 0 Å². The van der Waals surface area contributed by atoms with E-state index in [2.05, 4.69) is 5.10 Å². The van der Waals surface area contributed by atoms with Crippen LogP contribution in [0.4, 0.5) is 5.82 Å². The number of amides is 1. The molecular formula is C17H19N5O3. The standard InChI is InChI=1S/C17H19N5O3/c1-8-5-6-11(25-4)9(2)13(8)22-14-10(7-20-21(3)17(14)24)12(15(22)18)16(19)23/h5-7H,18H2,1-4H3,(H2,19,23). The number of carbonyl (C=O) groups excluding carboxylic acids is 1. The van der Waals surface area contributed by atoms with Gasteiger partial charge in [0.1, 0.15) is 17.1 Å². The first-order valence-electron chi connectivity index (χ1n) is 7.60. The number of methoxy groups -OCH3 is 1. The quantitative estimate of drug-likeness (QED) is 0.737. The molecule has 0 spiro atoms. The van der Waals surface area contributed by atoms with Crippen LogP contribution in [-0.4, -0.2) is 27.4 Å². The summed E-state index contributed by atoms with van der Waals surface area (Å²) in [6.45, 7) is 3.75. The topological polar surface area (TPSA) is 118 Å². The molecule has 0 saturated carbocycles. The molecule has 1 amide bonds. The number of hydrogen-bond acceptors (Lipinski definition) is 5. The van der Waals surface area contributed by atoms with Gasteiger partial charge in [-0.25, -0.2) is 4.68 Å². The third-order valence-electron chi connectivity index (χ3n) is 4.37. The second-order valence-corrected chi connectivity index (χ2v) is 5.85. The third kappa shape index (κ3) is 2.25. The van der Waals surface area contributed by atoms with Crippen LogP contribution >= 0.6 is 0 Å². The Balaban J connectivity index is 2.59. The van der Waals surface area contributed by atoms with Gasteiger partial charge >= 0.3 is 0 Å². The van der Waals surface area contributed by atoms with E-state index in [0.29, 0.717) is 16.8 Å². The maximum absolute atomic E-state index is 12.7. The fourth-order valence-corrected chi connectivity index (χ4v) is 3.17. The lowest BCUT2D eigenvalue weighted by Gasteiger charge is -2.17. The number of nitrogens with zero attached hydrogens (tertiary/aromatic N) is 3. The number of anilines is 1. The van der Waals surface area contributed by atoms with E-state index in [1.54, 1.807) is 11.7 Å². The minimum atomic E-state index is -0.713. The van der Waals surface area contributed by atoms with Crippen molar-refractivity contribution in [3.63, 3.8) is 0 Å². The monoisotopic (exact) mass is 341 g/mol. The van der Waals surface area contributed by atoms with Crippen molar-refractivity contribution in [2.24, 2.45) is 12.8 Å². The van der Waals surface area contributed by atoms with Crippen LogP contribution in [0.15, 0.2) is 23.1 Å². The minimum Gasteiger partial charge on any atom is -0.496 e. The van der Waals surface area contributed by atoms with E-state index in [1.165, 1.54) is 17.9 Å². The van der Waals surface area contributed by atoms with E-state index in [-0.39, 0.29) is 22.5 Å². The van der Waals surface area contributed by atoms with Gasteiger partial charge in [-0.3, -0.25) is 14.2 Å². The van der Waals surface area contributed by atoms with Crippen molar-refractivity contribution in [2.45, 2.75) is 13.8 Å². The molecule has 0 aliphatic carbocycles. The summed E-state index contributed by atoms with van der Waals surface area (Å²) in [5, 5.41) is 4.31. The van der Waals surface area contributed by atoms with Crippen LogP contribution < -0.4 is 21.8 Å². The summed E-state index contributed by atoms with van der Waals surface area (Å²) in [5.74, 6) is 0.0370. The molecule has 25 heavy (non-hydrogen) atoms. The van der Waals surface area contributed by atoms with Crippen molar-refractivity contribution in [2.75, 3.05) is 12.8 Å². The summed E-state index contributed by atoms with van der Waals surface area (Å²) in [5.41, 5.74) is 14.0. The molecule has 4 N–H and O–H groups in total. The second-order valence-electron chi connectivity index (χ2n) is 5.85. The highest BCUT2D eigenvalue weighted by Gasteiger charge is 2.25. The van der Waals surface area contributed by atoms with Crippen LogP contribution in [0.1, 0.15) is 21.5 Å². The smallest absolute Gasteiger partial charge is 0.291 e. The molecule has 0 atom stereocenters. The van der Waals surface area contributed by atoms with Crippen molar-refractivity contribution < 1.29 is 9.53 Å². The molecule has 3 rings (SSSR count). The average molecular weight is 341 g/mol. The molecule has 2 aromatic heterocycles. The van der Waals surface area contributed by atoms with Crippen LogP contribution in [0.25, 0.3) is 16.6 Å². The van der Waals surface area contributed by atoms with Gasteiger partial charge in [0.25, 0.3) is 11.5 Å². The molecule has 0 aliphatic rings. The van der Waals surface area contributed by atoms with Crippen LogP contribution in [0, 0.1) is 13.8 Å². The predicted molar refractivity (Wildman–Crippen MR) is 95.3 cm³/mol. The summed E-state index contributed by atoms with van der Waals surface area (Å²) < 4.78 is 8.13. The van der Waals surface area contributed by atoms with E-state index in [4.69, 9.17) is 16.2 Å². The lowest BCUT2D eigenvalue weighted by Crippen LogP contribution is -2.21. The minimum absolute atomic E-state index is 0.0850. The molecule has 8 nitrogen and oxygen atoms in total. The highest BCUT2D eigenvalue weighted by atomic mass is 16.5. The Kier molecular flexibility index (Phi) is 3.75. The zero-order chi connectivity index (χ0) is 18.5. The summed E-state index contributed by atoms with van der Waals surface area (Å²) in [7, 11) is 3.10. The molecule has 0 unspecified atom stereocenters. The summed E-state index contributed by atoms with van der Waals surface area (Å²) in [6.07, 6.45) is 1.43.